The van der Waals surface area contributed by atoms with Crippen molar-refractivity contribution in [3.05, 3.63) is 45.8 Å². The first-order chi connectivity index (χ1) is 7.95. The molecule has 0 amide bonds. The van der Waals surface area contributed by atoms with Crippen molar-refractivity contribution in [2.45, 2.75) is 26.2 Å². The maximum atomic E-state index is 9.79. The highest BCUT2D eigenvalue weighted by atomic mass is 16.3. The normalized spacial score (nSPS) is 11.5. The monoisotopic (exact) mass is 231 g/mol. The zero-order valence-electron chi connectivity index (χ0n) is 10.4. The second kappa shape index (κ2) is 5.41. The number of phenolic OH excluding ortho intramolecular Hbond substituents is 1. The highest BCUT2D eigenvalue weighted by Crippen LogP contribution is 2.31. The van der Waals surface area contributed by atoms with Gasteiger partial charge in [0.25, 0.3) is 0 Å². The molecule has 0 radical (unpaired) electrons. The topological polar surface area (TPSA) is 69.0 Å². The molecule has 4 heteroatoms. The van der Waals surface area contributed by atoms with Crippen molar-refractivity contribution in [2.75, 3.05) is 6.54 Å². The molecule has 0 aliphatic carbocycles. The van der Waals surface area contributed by atoms with E-state index < -0.39 is 0 Å². The molecule has 0 aromatic heterocycles. The van der Waals surface area contributed by atoms with Gasteiger partial charge in [-0.3, -0.25) is 0 Å². The summed E-state index contributed by atoms with van der Waals surface area (Å²) in [6, 6.07) is 5.47. The predicted molar refractivity (Wildman–Crippen MR) is 69.9 cm³/mol. The van der Waals surface area contributed by atoms with Crippen LogP contribution in [0.2, 0.25) is 0 Å². The van der Waals surface area contributed by atoms with Gasteiger partial charge in [0.05, 0.1) is 0 Å². The van der Waals surface area contributed by atoms with Gasteiger partial charge in [-0.1, -0.05) is 44.1 Å². The molecule has 0 heterocycles. The van der Waals surface area contributed by atoms with Crippen LogP contribution in [0.4, 0.5) is 0 Å². The smallest absolute Gasteiger partial charge is 0.119 e. The van der Waals surface area contributed by atoms with E-state index in [9.17, 15) is 5.11 Å². The molecule has 1 aromatic carbocycles. The lowest BCUT2D eigenvalue weighted by Crippen LogP contribution is -2.11. The van der Waals surface area contributed by atoms with Crippen molar-refractivity contribution in [3.63, 3.8) is 0 Å². The van der Waals surface area contributed by atoms with E-state index in [1.807, 2.05) is 18.2 Å². The molecule has 0 saturated carbocycles. The quantitative estimate of drug-likeness (QED) is 0.476. The third-order valence-corrected chi connectivity index (χ3v) is 2.39. The average molecular weight is 231 g/mol. The summed E-state index contributed by atoms with van der Waals surface area (Å²) in [5.74, 6) is 0.310. The third kappa shape index (κ3) is 3.85. The molecule has 0 spiro atoms. The maximum absolute atomic E-state index is 9.79. The summed E-state index contributed by atoms with van der Waals surface area (Å²) in [6.45, 7) is 6.49. The highest BCUT2D eigenvalue weighted by molar-refractivity contribution is 5.54. The van der Waals surface area contributed by atoms with Crippen LogP contribution in [0.5, 0.6) is 5.75 Å². The Morgan fingerprint density at radius 3 is 2.71 bits per heavy atom. The van der Waals surface area contributed by atoms with Crippen LogP contribution in [0.3, 0.4) is 0 Å². The van der Waals surface area contributed by atoms with E-state index in [4.69, 9.17) is 5.53 Å². The van der Waals surface area contributed by atoms with Crippen molar-refractivity contribution in [3.8, 4) is 5.75 Å². The molecule has 0 bridgehead atoms. The molecule has 0 unspecified atom stereocenters. The third-order valence-electron chi connectivity index (χ3n) is 2.39. The summed E-state index contributed by atoms with van der Waals surface area (Å²) in [6.07, 6.45) is 3.67. The van der Waals surface area contributed by atoms with Crippen LogP contribution in [0.15, 0.2) is 29.4 Å². The predicted octanol–water partition coefficient (Wildman–Crippen LogP) is 4.01. The molecule has 1 N–H and O–H groups in total. The highest BCUT2D eigenvalue weighted by Gasteiger charge is 2.17. The van der Waals surface area contributed by atoms with Gasteiger partial charge in [0, 0.05) is 11.5 Å². The van der Waals surface area contributed by atoms with Crippen LogP contribution in [-0.2, 0) is 5.41 Å². The number of phenols is 1. The lowest BCUT2D eigenvalue weighted by atomic mass is 9.85. The second-order valence-corrected chi connectivity index (χ2v) is 4.84. The van der Waals surface area contributed by atoms with E-state index >= 15 is 0 Å². The number of hydrogen-bond acceptors (Lipinski definition) is 2. The molecule has 1 aromatic rings. The number of aromatic hydroxyl groups is 1. The first kappa shape index (κ1) is 13.1. The summed E-state index contributed by atoms with van der Waals surface area (Å²) in [7, 11) is 0. The van der Waals surface area contributed by atoms with Crippen molar-refractivity contribution < 1.29 is 5.11 Å². The first-order valence-electron chi connectivity index (χ1n) is 5.46. The van der Waals surface area contributed by atoms with Gasteiger partial charge < -0.3 is 5.11 Å². The van der Waals surface area contributed by atoms with Crippen LogP contribution >= 0.6 is 0 Å². The zero-order chi connectivity index (χ0) is 12.9. The van der Waals surface area contributed by atoms with Gasteiger partial charge in [0.2, 0.25) is 0 Å². The molecule has 0 aliphatic rings. The molecule has 90 valence electrons. The molecule has 0 aliphatic heterocycles. The summed E-state index contributed by atoms with van der Waals surface area (Å²) < 4.78 is 0. The fourth-order valence-electron chi connectivity index (χ4n) is 1.53. The van der Waals surface area contributed by atoms with Crippen molar-refractivity contribution in [1.29, 1.82) is 0 Å². The summed E-state index contributed by atoms with van der Waals surface area (Å²) >= 11 is 0. The minimum Gasteiger partial charge on any atom is -0.508 e. The summed E-state index contributed by atoms with van der Waals surface area (Å²) in [5.41, 5.74) is 9.94. The Balaban J connectivity index is 2.97. The van der Waals surface area contributed by atoms with Gasteiger partial charge in [-0.05, 0) is 34.2 Å². The van der Waals surface area contributed by atoms with Gasteiger partial charge >= 0.3 is 0 Å². The molecule has 17 heavy (non-hydrogen) atoms. The minimum absolute atomic E-state index is 0.0985. The molecule has 0 saturated heterocycles. The molecule has 1 rings (SSSR count). The lowest BCUT2D eigenvalue weighted by molar-refractivity contribution is 0.446. The van der Waals surface area contributed by atoms with Gasteiger partial charge in [-0.25, -0.2) is 0 Å². The van der Waals surface area contributed by atoms with Crippen molar-refractivity contribution in [2.24, 2.45) is 5.11 Å². The van der Waals surface area contributed by atoms with Crippen LogP contribution < -0.4 is 0 Å². The molecule has 0 fully saturated rings. The van der Waals surface area contributed by atoms with Crippen LogP contribution in [0.25, 0.3) is 16.5 Å². The van der Waals surface area contributed by atoms with E-state index in [-0.39, 0.29) is 5.41 Å². The Kier molecular flexibility index (Phi) is 4.18. The Labute approximate surface area is 101 Å². The molecule has 4 nitrogen and oxygen atoms in total. The Bertz CT molecular complexity index is 466. The number of benzene rings is 1. The fourth-order valence-corrected chi connectivity index (χ4v) is 1.53. The van der Waals surface area contributed by atoms with Crippen molar-refractivity contribution in [1.82, 2.24) is 0 Å². The number of nitrogens with zero attached hydrogens (tertiary/aromatic N) is 3. The Hall–Kier alpha value is -1.93. The largest absolute Gasteiger partial charge is 0.508 e. The van der Waals surface area contributed by atoms with Crippen LogP contribution in [0.1, 0.15) is 31.9 Å². The van der Waals surface area contributed by atoms with Crippen LogP contribution in [-0.4, -0.2) is 11.7 Å². The summed E-state index contributed by atoms with van der Waals surface area (Å²) in [5, 5.41) is 13.2. The maximum Gasteiger partial charge on any atom is 0.119 e. The lowest BCUT2D eigenvalue weighted by Gasteiger charge is -2.20. The summed E-state index contributed by atoms with van der Waals surface area (Å²) in [4.78, 5) is 2.67. The number of azide groups is 1. The Morgan fingerprint density at radius 1 is 1.41 bits per heavy atom. The van der Waals surface area contributed by atoms with Gasteiger partial charge in [-0.2, -0.15) is 0 Å². The average Bonchev–Trinajstić information content (AvgIpc) is 2.25. The van der Waals surface area contributed by atoms with Gasteiger partial charge in [0.1, 0.15) is 5.75 Å². The minimum atomic E-state index is -0.0985. The van der Waals surface area contributed by atoms with E-state index in [2.05, 4.69) is 30.8 Å². The SMILES string of the molecule is CC(C)(C)c1cc(C=CCN=[N+]=[N-])ccc1O. The standard InChI is InChI=1S/C13H17N3O/c1-13(2,3)11-9-10(6-7-12(11)17)5-4-8-15-16-14/h4-7,9,17H,8H2,1-3H3. The van der Waals surface area contributed by atoms with Crippen LogP contribution in [0, 0.1) is 0 Å². The molecular weight excluding hydrogens is 214 g/mol. The zero-order valence-corrected chi connectivity index (χ0v) is 10.4. The van der Waals surface area contributed by atoms with E-state index in [0.29, 0.717) is 12.3 Å². The van der Waals surface area contributed by atoms with E-state index in [0.717, 1.165) is 11.1 Å². The second-order valence-electron chi connectivity index (χ2n) is 4.84. The number of hydrogen-bond donors (Lipinski definition) is 1. The van der Waals surface area contributed by atoms with Crippen molar-refractivity contribution >= 4 is 6.08 Å². The van der Waals surface area contributed by atoms with E-state index in [1.54, 1.807) is 12.1 Å². The number of rotatable bonds is 3. The molecular formula is C13H17N3O. The van der Waals surface area contributed by atoms with E-state index in [1.165, 1.54) is 0 Å². The fraction of sp³-hybridized carbons (Fsp3) is 0.385. The van der Waals surface area contributed by atoms with Gasteiger partial charge in [0.15, 0.2) is 0 Å². The van der Waals surface area contributed by atoms with Gasteiger partial charge in [-0.15, -0.1) is 0 Å². The first-order valence-corrected chi connectivity index (χ1v) is 5.46. The Morgan fingerprint density at radius 2 is 2.12 bits per heavy atom. The molecule has 0 atom stereocenters.